The summed E-state index contributed by atoms with van der Waals surface area (Å²) >= 11 is 6.12. The number of hydrogen-bond donors (Lipinski definition) is 1. The first-order valence-corrected chi connectivity index (χ1v) is 8.33. The van der Waals surface area contributed by atoms with Gasteiger partial charge in [0.05, 0.1) is 0 Å². The van der Waals surface area contributed by atoms with Crippen molar-refractivity contribution < 1.29 is 4.74 Å². The Kier molecular flexibility index (Phi) is 7.27. The molecule has 0 unspecified atom stereocenters. The molecule has 2 nitrogen and oxygen atoms in total. The SMILES string of the molecule is CCCCCNCc1ccc(OCc2ccccc2Cl)cc1. The van der Waals surface area contributed by atoms with Gasteiger partial charge in [-0.05, 0) is 36.7 Å². The van der Waals surface area contributed by atoms with E-state index in [1.54, 1.807) is 0 Å². The fourth-order valence-electron chi connectivity index (χ4n) is 2.21. The zero-order valence-electron chi connectivity index (χ0n) is 13.1. The van der Waals surface area contributed by atoms with Gasteiger partial charge in [-0.25, -0.2) is 0 Å². The Morgan fingerprint density at radius 2 is 1.77 bits per heavy atom. The summed E-state index contributed by atoms with van der Waals surface area (Å²) < 4.78 is 5.78. The molecular weight excluding hydrogens is 294 g/mol. The lowest BCUT2D eigenvalue weighted by Gasteiger charge is -2.09. The van der Waals surface area contributed by atoms with Crippen LogP contribution in [0.2, 0.25) is 5.02 Å². The van der Waals surface area contributed by atoms with Crippen LogP contribution in [-0.4, -0.2) is 6.54 Å². The van der Waals surface area contributed by atoms with E-state index in [0.717, 1.165) is 29.4 Å². The molecule has 0 aliphatic carbocycles. The lowest BCUT2D eigenvalue weighted by atomic mass is 10.2. The van der Waals surface area contributed by atoms with E-state index in [9.17, 15) is 0 Å². The van der Waals surface area contributed by atoms with Crippen LogP contribution in [0.25, 0.3) is 0 Å². The summed E-state index contributed by atoms with van der Waals surface area (Å²) in [6.07, 6.45) is 3.80. The molecule has 0 aromatic heterocycles. The molecular formula is C19H24ClNO. The summed E-state index contributed by atoms with van der Waals surface area (Å²) in [4.78, 5) is 0. The lowest BCUT2D eigenvalue weighted by molar-refractivity contribution is 0.306. The minimum atomic E-state index is 0.494. The van der Waals surface area contributed by atoms with Gasteiger partial charge in [0, 0.05) is 17.1 Å². The van der Waals surface area contributed by atoms with Crippen molar-refractivity contribution in [1.29, 1.82) is 0 Å². The van der Waals surface area contributed by atoms with Crippen LogP contribution in [0.5, 0.6) is 5.75 Å². The number of benzene rings is 2. The minimum Gasteiger partial charge on any atom is -0.489 e. The topological polar surface area (TPSA) is 21.3 Å². The summed E-state index contributed by atoms with van der Waals surface area (Å²) in [6, 6.07) is 16.0. The van der Waals surface area contributed by atoms with Crippen molar-refractivity contribution in [2.45, 2.75) is 39.3 Å². The number of hydrogen-bond acceptors (Lipinski definition) is 2. The van der Waals surface area contributed by atoms with Gasteiger partial charge in [0.1, 0.15) is 12.4 Å². The van der Waals surface area contributed by atoms with Gasteiger partial charge in [-0.15, -0.1) is 0 Å². The molecule has 0 saturated heterocycles. The maximum absolute atomic E-state index is 6.12. The van der Waals surface area contributed by atoms with Crippen LogP contribution < -0.4 is 10.1 Å². The fourth-order valence-corrected chi connectivity index (χ4v) is 2.40. The van der Waals surface area contributed by atoms with Crippen LogP contribution >= 0.6 is 11.6 Å². The molecule has 2 rings (SSSR count). The Morgan fingerprint density at radius 1 is 1.00 bits per heavy atom. The maximum Gasteiger partial charge on any atom is 0.119 e. The normalized spacial score (nSPS) is 10.6. The van der Waals surface area contributed by atoms with E-state index in [4.69, 9.17) is 16.3 Å². The highest BCUT2D eigenvalue weighted by Crippen LogP contribution is 2.18. The molecule has 0 amide bonds. The minimum absolute atomic E-state index is 0.494. The van der Waals surface area contributed by atoms with Gasteiger partial charge in [-0.3, -0.25) is 0 Å². The van der Waals surface area contributed by atoms with Crippen LogP contribution in [0.15, 0.2) is 48.5 Å². The Bertz CT molecular complexity index is 554. The van der Waals surface area contributed by atoms with Crippen molar-refractivity contribution >= 4 is 11.6 Å². The Hall–Kier alpha value is -1.51. The third-order valence-electron chi connectivity index (χ3n) is 3.56. The van der Waals surface area contributed by atoms with Crippen LogP contribution in [0, 0.1) is 0 Å². The number of ether oxygens (including phenoxy) is 1. The Balaban J connectivity index is 1.76. The highest BCUT2D eigenvalue weighted by atomic mass is 35.5. The van der Waals surface area contributed by atoms with E-state index in [-0.39, 0.29) is 0 Å². The smallest absolute Gasteiger partial charge is 0.119 e. The van der Waals surface area contributed by atoms with Crippen molar-refractivity contribution in [3.8, 4) is 5.75 Å². The summed E-state index contributed by atoms with van der Waals surface area (Å²) in [6.45, 7) is 4.71. The molecule has 0 aliphatic heterocycles. The van der Waals surface area contributed by atoms with Crippen LogP contribution in [-0.2, 0) is 13.2 Å². The number of nitrogens with one attached hydrogen (secondary N) is 1. The number of unbranched alkanes of at least 4 members (excludes halogenated alkanes) is 2. The Morgan fingerprint density at radius 3 is 2.50 bits per heavy atom. The lowest BCUT2D eigenvalue weighted by Crippen LogP contribution is -2.14. The molecule has 22 heavy (non-hydrogen) atoms. The molecule has 0 heterocycles. The number of rotatable bonds is 9. The van der Waals surface area contributed by atoms with Gasteiger partial charge in [0.25, 0.3) is 0 Å². The first-order valence-electron chi connectivity index (χ1n) is 7.95. The summed E-state index contributed by atoms with van der Waals surface area (Å²) in [5.41, 5.74) is 2.28. The molecule has 0 atom stereocenters. The number of halogens is 1. The molecule has 0 radical (unpaired) electrons. The van der Waals surface area contributed by atoms with Gasteiger partial charge < -0.3 is 10.1 Å². The predicted molar refractivity (Wildman–Crippen MR) is 93.5 cm³/mol. The van der Waals surface area contributed by atoms with Crippen molar-refractivity contribution in [3.05, 3.63) is 64.7 Å². The first kappa shape index (κ1) is 16.9. The van der Waals surface area contributed by atoms with Crippen molar-refractivity contribution in [3.63, 3.8) is 0 Å². The van der Waals surface area contributed by atoms with Crippen molar-refractivity contribution in [1.82, 2.24) is 5.32 Å². The third-order valence-corrected chi connectivity index (χ3v) is 3.93. The average molecular weight is 318 g/mol. The molecule has 3 heteroatoms. The van der Waals surface area contributed by atoms with E-state index < -0.39 is 0 Å². The predicted octanol–water partition coefficient (Wildman–Crippen LogP) is 5.20. The second kappa shape index (κ2) is 9.50. The maximum atomic E-state index is 6.12. The van der Waals surface area contributed by atoms with Crippen molar-refractivity contribution in [2.24, 2.45) is 0 Å². The van der Waals surface area contributed by atoms with Crippen molar-refractivity contribution in [2.75, 3.05) is 6.54 Å². The van der Waals surface area contributed by atoms with E-state index in [0.29, 0.717) is 6.61 Å². The standard InChI is InChI=1S/C19H24ClNO/c1-2-3-6-13-21-14-16-9-11-18(12-10-16)22-15-17-7-4-5-8-19(17)20/h4-5,7-12,21H,2-3,6,13-15H2,1H3. The van der Waals surface area contributed by atoms with E-state index in [1.807, 2.05) is 36.4 Å². The first-order chi connectivity index (χ1) is 10.8. The van der Waals surface area contributed by atoms with Crippen LogP contribution in [0.4, 0.5) is 0 Å². The van der Waals surface area contributed by atoms with E-state index in [2.05, 4.69) is 24.4 Å². The Labute approximate surface area is 138 Å². The van der Waals surface area contributed by atoms with Gasteiger partial charge in [-0.1, -0.05) is 61.7 Å². The molecule has 118 valence electrons. The molecule has 0 saturated carbocycles. The highest BCUT2D eigenvalue weighted by Gasteiger charge is 2.01. The average Bonchev–Trinajstić information content (AvgIpc) is 2.55. The van der Waals surface area contributed by atoms with Gasteiger partial charge in [0.15, 0.2) is 0 Å². The molecule has 2 aromatic carbocycles. The fraction of sp³-hybridized carbons (Fsp3) is 0.368. The second-order valence-corrected chi connectivity index (χ2v) is 5.82. The molecule has 0 aliphatic rings. The largest absolute Gasteiger partial charge is 0.489 e. The zero-order valence-corrected chi connectivity index (χ0v) is 13.9. The second-order valence-electron chi connectivity index (χ2n) is 5.41. The van der Waals surface area contributed by atoms with Gasteiger partial charge >= 0.3 is 0 Å². The monoisotopic (exact) mass is 317 g/mol. The molecule has 0 spiro atoms. The third kappa shape index (κ3) is 5.70. The zero-order chi connectivity index (χ0) is 15.6. The highest BCUT2D eigenvalue weighted by molar-refractivity contribution is 6.31. The molecule has 0 fully saturated rings. The quantitative estimate of drug-likeness (QED) is 0.642. The summed E-state index contributed by atoms with van der Waals surface area (Å²) in [5, 5.41) is 4.21. The van der Waals surface area contributed by atoms with Crippen LogP contribution in [0.1, 0.15) is 37.3 Å². The summed E-state index contributed by atoms with van der Waals surface area (Å²) in [7, 11) is 0. The van der Waals surface area contributed by atoms with Gasteiger partial charge in [-0.2, -0.15) is 0 Å². The molecule has 0 bridgehead atoms. The van der Waals surface area contributed by atoms with E-state index in [1.165, 1.54) is 24.8 Å². The molecule has 2 aromatic rings. The summed E-state index contributed by atoms with van der Waals surface area (Å²) in [5.74, 6) is 0.870. The van der Waals surface area contributed by atoms with Crippen LogP contribution in [0.3, 0.4) is 0 Å². The van der Waals surface area contributed by atoms with Gasteiger partial charge in [0.2, 0.25) is 0 Å². The van der Waals surface area contributed by atoms with E-state index >= 15 is 0 Å². The molecule has 1 N–H and O–H groups in total.